The number of benzene rings is 2. The van der Waals surface area contributed by atoms with E-state index in [9.17, 15) is 22.0 Å². The third kappa shape index (κ3) is 7.42. The van der Waals surface area contributed by atoms with Crippen LogP contribution in [0.15, 0.2) is 78.0 Å². The normalized spacial score (nSPS) is 13.7. The summed E-state index contributed by atoms with van der Waals surface area (Å²) < 4.78 is 74.5. The predicted octanol–water partition coefficient (Wildman–Crippen LogP) is 6.33. The molecule has 2 aromatic carbocycles. The summed E-state index contributed by atoms with van der Waals surface area (Å²) in [7, 11) is -3.18. The van der Waals surface area contributed by atoms with Crippen molar-refractivity contribution in [2.45, 2.75) is 31.3 Å². The van der Waals surface area contributed by atoms with Crippen LogP contribution in [0.4, 0.5) is 30.8 Å². The van der Waals surface area contributed by atoms with Crippen LogP contribution in [0.5, 0.6) is 5.88 Å². The molecular weight excluding hydrogens is 658 g/mol. The molecule has 256 valence electrons. The van der Waals surface area contributed by atoms with Crippen molar-refractivity contribution in [1.82, 2.24) is 14.4 Å². The zero-order chi connectivity index (χ0) is 34.9. The van der Waals surface area contributed by atoms with E-state index >= 15 is 0 Å². The molecule has 1 amide bonds. The van der Waals surface area contributed by atoms with Gasteiger partial charge < -0.3 is 19.1 Å². The number of amides is 1. The summed E-state index contributed by atoms with van der Waals surface area (Å²) in [4.78, 5) is 23.3. The summed E-state index contributed by atoms with van der Waals surface area (Å²) in [6.07, 6.45) is 2.59. The van der Waals surface area contributed by atoms with Crippen LogP contribution in [-0.4, -0.2) is 67.9 Å². The number of aromatic nitrogens is 3. The van der Waals surface area contributed by atoms with Gasteiger partial charge in [0.1, 0.15) is 33.5 Å². The Morgan fingerprint density at radius 2 is 1.67 bits per heavy atom. The first kappa shape index (κ1) is 33.6. The number of carbonyl (C=O) groups is 1. The Morgan fingerprint density at radius 3 is 2.35 bits per heavy atom. The largest absolute Gasteiger partial charge is 0.480 e. The van der Waals surface area contributed by atoms with E-state index in [0.717, 1.165) is 36.5 Å². The summed E-state index contributed by atoms with van der Waals surface area (Å²) in [6, 6.07) is 15.0. The Kier molecular flexibility index (Phi) is 9.14. The maximum Gasteiger partial charge on any atom is 0.413 e. The highest BCUT2D eigenvalue weighted by Gasteiger charge is 2.24. The first-order valence-electron chi connectivity index (χ1n) is 15.3. The Labute approximate surface area is 281 Å². The number of hydrogen-bond acceptors (Lipinski definition) is 9. The van der Waals surface area contributed by atoms with E-state index in [4.69, 9.17) is 14.2 Å². The first-order chi connectivity index (χ1) is 23.3. The number of ether oxygens (including phenoxy) is 3. The van der Waals surface area contributed by atoms with E-state index in [0.29, 0.717) is 41.7 Å². The maximum absolute atomic E-state index is 14.4. The molecule has 1 aliphatic rings. The van der Waals surface area contributed by atoms with Crippen molar-refractivity contribution in [2.75, 3.05) is 48.4 Å². The molecule has 4 heterocycles. The number of halogens is 2. The monoisotopic (exact) mass is 692 g/mol. The minimum atomic E-state index is -4.49. The van der Waals surface area contributed by atoms with Gasteiger partial charge in [0.05, 0.1) is 26.0 Å². The molecule has 0 atom stereocenters. The van der Waals surface area contributed by atoms with Gasteiger partial charge in [0.25, 0.3) is 10.0 Å². The van der Waals surface area contributed by atoms with Crippen molar-refractivity contribution in [1.29, 1.82) is 0 Å². The quantitative estimate of drug-likeness (QED) is 0.191. The molecule has 3 aromatic heterocycles. The standard InChI is InChI=1S/C34H34F2N6O6S/c1-34(2,3)48-33(43)39-31-30(21-5-9-25(10-6-21)41-13-15-47-16-14-41)42-20-22(7-12-29(42)38-31)23-17-27(32(46-4)37-19-23)40-49(44,45)28-11-8-24(35)18-26(28)36/h5-12,17-20,40H,13-16H2,1-4H3,(H,39,43). The molecule has 5 aromatic rings. The van der Waals surface area contributed by atoms with Gasteiger partial charge in [0.2, 0.25) is 5.88 Å². The van der Waals surface area contributed by atoms with Crippen LogP contribution in [0.25, 0.3) is 28.0 Å². The summed E-state index contributed by atoms with van der Waals surface area (Å²) in [5.41, 5.74) is 3.15. The van der Waals surface area contributed by atoms with Gasteiger partial charge in [0.15, 0.2) is 5.82 Å². The van der Waals surface area contributed by atoms with Crippen molar-refractivity contribution in [3.63, 3.8) is 0 Å². The van der Waals surface area contributed by atoms with Crippen LogP contribution in [0.2, 0.25) is 0 Å². The fourth-order valence-electron chi connectivity index (χ4n) is 5.37. The van der Waals surface area contributed by atoms with Crippen LogP contribution in [0.3, 0.4) is 0 Å². The van der Waals surface area contributed by atoms with E-state index < -0.39 is 38.2 Å². The topological polar surface area (TPSA) is 136 Å². The highest BCUT2D eigenvalue weighted by atomic mass is 32.2. The molecule has 12 nitrogen and oxygen atoms in total. The van der Waals surface area contributed by atoms with Crippen LogP contribution in [-0.2, 0) is 19.5 Å². The van der Waals surface area contributed by atoms with Gasteiger partial charge in [0, 0.05) is 53.9 Å². The Balaban J connectivity index is 1.41. The third-order valence-corrected chi connectivity index (χ3v) is 8.96. The second-order valence-corrected chi connectivity index (χ2v) is 13.8. The molecule has 0 aliphatic carbocycles. The molecule has 0 radical (unpaired) electrons. The molecule has 0 bridgehead atoms. The van der Waals surface area contributed by atoms with Crippen molar-refractivity contribution >= 4 is 39.0 Å². The van der Waals surface area contributed by atoms with Crippen molar-refractivity contribution < 1.29 is 36.2 Å². The fourth-order valence-corrected chi connectivity index (χ4v) is 6.48. The zero-order valence-electron chi connectivity index (χ0n) is 27.2. The van der Waals surface area contributed by atoms with Gasteiger partial charge in [-0.2, -0.15) is 0 Å². The van der Waals surface area contributed by atoms with Gasteiger partial charge in [-0.1, -0.05) is 12.1 Å². The van der Waals surface area contributed by atoms with E-state index in [1.54, 1.807) is 43.5 Å². The molecular formula is C34H34F2N6O6S. The van der Waals surface area contributed by atoms with E-state index in [2.05, 4.69) is 24.9 Å². The SMILES string of the molecule is COc1ncc(-c2ccc3nc(NC(=O)OC(C)(C)C)c(-c4ccc(N5CCOCC5)cc4)n3c2)cc1NS(=O)(=O)c1ccc(F)cc1F. The Morgan fingerprint density at radius 1 is 0.959 bits per heavy atom. The number of imidazole rings is 1. The number of rotatable bonds is 8. The number of pyridine rings is 2. The fraction of sp³-hybridized carbons (Fsp3) is 0.265. The number of sulfonamides is 1. The lowest BCUT2D eigenvalue weighted by Gasteiger charge is -2.28. The summed E-state index contributed by atoms with van der Waals surface area (Å²) >= 11 is 0. The average Bonchev–Trinajstić information content (AvgIpc) is 3.40. The maximum atomic E-state index is 14.4. The van der Waals surface area contributed by atoms with Gasteiger partial charge in [-0.3, -0.25) is 14.4 Å². The van der Waals surface area contributed by atoms with E-state index in [1.807, 2.05) is 24.3 Å². The number of fused-ring (bicyclic) bond motifs is 1. The summed E-state index contributed by atoms with van der Waals surface area (Å²) in [5.74, 6) is -1.96. The molecule has 6 rings (SSSR count). The van der Waals surface area contributed by atoms with E-state index in [1.165, 1.54) is 19.4 Å². The third-order valence-electron chi connectivity index (χ3n) is 7.56. The lowest BCUT2D eigenvalue weighted by atomic mass is 10.1. The lowest BCUT2D eigenvalue weighted by molar-refractivity contribution is 0.0635. The second kappa shape index (κ2) is 13.3. The second-order valence-electron chi connectivity index (χ2n) is 12.2. The number of anilines is 3. The highest BCUT2D eigenvalue weighted by Crippen LogP contribution is 2.35. The van der Waals surface area contributed by atoms with Crippen LogP contribution in [0, 0.1) is 11.6 Å². The molecule has 1 aliphatic heterocycles. The van der Waals surface area contributed by atoms with Crippen molar-refractivity contribution in [3.05, 3.63) is 84.7 Å². The van der Waals surface area contributed by atoms with Gasteiger partial charge in [-0.15, -0.1) is 0 Å². The highest BCUT2D eigenvalue weighted by molar-refractivity contribution is 7.92. The predicted molar refractivity (Wildman–Crippen MR) is 180 cm³/mol. The summed E-state index contributed by atoms with van der Waals surface area (Å²) in [6.45, 7) is 8.14. The summed E-state index contributed by atoms with van der Waals surface area (Å²) in [5, 5.41) is 2.79. The van der Waals surface area contributed by atoms with Crippen LogP contribution in [0.1, 0.15) is 20.8 Å². The van der Waals surface area contributed by atoms with Crippen molar-refractivity contribution in [3.8, 4) is 28.3 Å². The smallest absolute Gasteiger partial charge is 0.413 e. The minimum absolute atomic E-state index is 0.0663. The van der Waals surface area contributed by atoms with Crippen LogP contribution >= 0.6 is 0 Å². The minimum Gasteiger partial charge on any atom is -0.480 e. The molecule has 0 unspecified atom stereocenters. The van der Waals surface area contributed by atoms with Gasteiger partial charge >= 0.3 is 6.09 Å². The molecule has 15 heteroatoms. The molecule has 0 spiro atoms. The van der Waals surface area contributed by atoms with Gasteiger partial charge in [-0.05, 0) is 63.2 Å². The zero-order valence-corrected chi connectivity index (χ0v) is 28.0. The number of methoxy groups -OCH3 is 1. The number of morpholine rings is 1. The van der Waals surface area contributed by atoms with E-state index in [-0.39, 0.29) is 17.4 Å². The molecule has 0 saturated carbocycles. The number of nitrogens with zero attached hydrogens (tertiary/aromatic N) is 4. The number of nitrogens with one attached hydrogen (secondary N) is 2. The lowest BCUT2D eigenvalue weighted by Crippen LogP contribution is -2.36. The average molecular weight is 693 g/mol. The number of hydrogen-bond donors (Lipinski definition) is 2. The molecule has 49 heavy (non-hydrogen) atoms. The molecule has 1 saturated heterocycles. The van der Waals surface area contributed by atoms with Crippen LogP contribution < -0.4 is 19.7 Å². The first-order valence-corrected chi connectivity index (χ1v) is 16.8. The number of carbonyl (C=O) groups excluding carboxylic acids is 1. The molecule has 2 N–H and O–H groups in total. The van der Waals surface area contributed by atoms with Gasteiger partial charge in [-0.25, -0.2) is 32.0 Å². The Hall–Kier alpha value is -5.28. The Bertz CT molecular complexity index is 2130. The van der Waals surface area contributed by atoms with Crippen molar-refractivity contribution in [2.24, 2.45) is 0 Å². The molecule has 1 fully saturated rings.